The Balaban J connectivity index is 1.79. The highest BCUT2D eigenvalue weighted by atomic mass is 32.1. The Kier molecular flexibility index (Phi) is 5.13. The summed E-state index contributed by atoms with van der Waals surface area (Å²) in [5.74, 6) is -0.728. The lowest BCUT2D eigenvalue weighted by atomic mass is 10.0. The first-order chi connectivity index (χ1) is 9.97. The smallest absolute Gasteiger partial charge is 0.355 e. The minimum atomic E-state index is -1.07. The van der Waals surface area contributed by atoms with Crippen LogP contribution in [0.4, 0.5) is 4.79 Å². The molecule has 1 aliphatic rings. The number of aromatic carboxylic acids is 1. The van der Waals surface area contributed by atoms with Crippen LogP contribution in [0.3, 0.4) is 0 Å². The Bertz CT molecular complexity index is 519. The molecule has 3 unspecified atom stereocenters. The quantitative estimate of drug-likeness (QED) is 0.767. The number of carbonyl (C=O) groups excluding carboxylic acids is 1. The maximum absolute atomic E-state index is 11.8. The molecule has 0 aliphatic carbocycles. The molecule has 1 aliphatic heterocycles. The molecular weight excluding hydrogens is 294 g/mol. The summed E-state index contributed by atoms with van der Waals surface area (Å²) in [4.78, 5) is 26.6. The highest BCUT2D eigenvalue weighted by molar-refractivity contribution is 7.09. The van der Waals surface area contributed by atoms with Crippen molar-refractivity contribution in [3.8, 4) is 0 Å². The van der Waals surface area contributed by atoms with Crippen LogP contribution in [0.25, 0.3) is 0 Å². The maximum Gasteiger partial charge on any atom is 0.355 e. The van der Waals surface area contributed by atoms with Crippen LogP contribution in [-0.2, 0) is 4.74 Å². The highest BCUT2D eigenvalue weighted by Gasteiger charge is 2.24. The molecule has 3 atom stereocenters. The zero-order chi connectivity index (χ0) is 15.4. The second kappa shape index (κ2) is 6.86. The molecule has 1 fully saturated rings. The van der Waals surface area contributed by atoms with E-state index in [0.29, 0.717) is 17.5 Å². The number of hydrogen-bond acceptors (Lipinski definition) is 5. The van der Waals surface area contributed by atoms with Gasteiger partial charge in [0.05, 0.1) is 12.1 Å². The lowest BCUT2D eigenvalue weighted by Crippen LogP contribution is -2.40. The number of thiazole rings is 1. The number of aromatic nitrogens is 1. The zero-order valence-corrected chi connectivity index (χ0v) is 12.8. The molecule has 0 aromatic carbocycles. The van der Waals surface area contributed by atoms with Gasteiger partial charge in [-0.3, -0.25) is 0 Å². The number of hydrogen-bond donors (Lipinski definition) is 3. The fraction of sp³-hybridized carbons (Fsp3) is 0.615. The van der Waals surface area contributed by atoms with Crippen molar-refractivity contribution in [3.63, 3.8) is 0 Å². The van der Waals surface area contributed by atoms with Crippen molar-refractivity contribution in [1.82, 2.24) is 15.6 Å². The van der Waals surface area contributed by atoms with Gasteiger partial charge in [-0.1, -0.05) is 0 Å². The average molecular weight is 313 g/mol. The molecule has 116 valence electrons. The molecule has 0 radical (unpaired) electrons. The number of carboxylic acid groups (broad SMARTS) is 1. The Morgan fingerprint density at radius 2 is 2.38 bits per heavy atom. The standard InChI is InChI=1S/C13H19N3O4S/c1-7(11-16-10(6-21-11)12(17)18)15-13(19)14-5-9-3-4-20-8(9)2/h6-9H,3-5H2,1-2H3,(H,17,18)(H2,14,15,19). The van der Waals surface area contributed by atoms with Crippen LogP contribution >= 0.6 is 11.3 Å². The molecule has 1 aromatic rings. The summed E-state index contributed by atoms with van der Waals surface area (Å²) in [6.45, 7) is 5.08. The Hall–Kier alpha value is -1.67. The topological polar surface area (TPSA) is 101 Å². The van der Waals surface area contributed by atoms with Gasteiger partial charge < -0.3 is 20.5 Å². The van der Waals surface area contributed by atoms with E-state index in [9.17, 15) is 9.59 Å². The summed E-state index contributed by atoms with van der Waals surface area (Å²) in [5, 5.41) is 16.4. The van der Waals surface area contributed by atoms with Gasteiger partial charge in [-0.15, -0.1) is 11.3 Å². The SMILES string of the molecule is CC(NC(=O)NCC1CCOC1C)c1nc(C(=O)O)cs1. The van der Waals surface area contributed by atoms with E-state index in [4.69, 9.17) is 9.84 Å². The van der Waals surface area contributed by atoms with Crippen LogP contribution in [-0.4, -0.2) is 41.3 Å². The van der Waals surface area contributed by atoms with Crippen molar-refractivity contribution in [2.75, 3.05) is 13.2 Å². The van der Waals surface area contributed by atoms with Gasteiger partial charge in [0.1, 0.15) is 5.01 Å². The second-order valence-corrected chi connectivity index (χ2v) is 5.97. The van der Waals surface area contributed by atoms with E-state index in [1.165, 1.54) is 16.7 Å². The molecule has 1 saturated heterocycles. The van der Waals surface area contributed by atoms with Gasteiger partial charge in [-0.25, -0.2) is 14.6 Å². The molecule has 8 heteroatoms. The number of ether oxygens (including phenoxy) is 1. The van der Waals surface area contributed by atoms with Crippen LogP contribution in [0.1, 0.15) is 41.8 Å². The molecule has 21 heavy (non-hydrogen) atoms. The highest BCUT2D eigenvalue weighted by Crippen LogP contribution is 2.20. The van der Waals surface area contributed by atoms with E-state index in [1.807, 2.05) is 6.92 Å². The van der Waals surface area contributed by atoms with Crippen molar-refractivity contribution < 1.29 is 19.4 Å². The summed E-state index contributed by atoms with van der Waals surface area (Å²) >= 11 is 1.22. The number of amides is 2. The Morgan fingerprint density at radius 1 is 1.62 bits per heavy atom. The van der Waals surface area contributed by atoms with E-state index in [-0.39, 0.29) is 23.9 Å². The number of nitrogens with zero attached hydrogens (tertiary/aromatic N) is 1. The summed E-state index contributed by atoms with van der Waals surface area (Å²) in [6.07, 6.45) is 1.12. The normalized spacial score (nSPS) is 22.8. The summed E-state index contributed by atoms with van der Waals surface area (Å²) in [5.41, 5.74) is 0.000914. The van der Waals surface area contributed by atoms with E-state index in [0.717, 1.165) is 13.0 Å². The predicted molar refractivity (Wildman–Crippen MR) is 77.5 cm³/mol. The van der Waals surface area contributed by atoms with Crippen LogP contribution in [0.5, 0.6) is 0 Å². The first-order valence-electron chi connectivity index (χ1n) is 6.82. The predicted octanol–water partition coefficient (Wildman–Crippen LogP) is 1.63. The molecule has 0 spiro atoms. The minimum absolute atomic E-state index is 0.000914. The third-order valence-corrected chi connectivity index (χ3v) is 4.54. The third-order valence-electron chi connectivity index (χ3n) is 3.52. The van der Waals surface area contributed by atoms with Crippen LogP contribution in [0.2, 0.25) is 0 Å². The van der Waals surface area contributed by atoms with Crippen molar-refractivity contribution in [2.45, 2.75) is 32.4 Å². The van der Waals surface area contributed by atoms with E-state index < -0.39 is 5.97 Å². The molecule has 0 saturated carbocycles. The number of rotatable bonds is 5. The number of carboxylic acids is 1. The van der Waals surface area contributed by atoms with E-state index >= 15 is 0 Å². The Morgan fingerprint density at radius 3 is 2.95 bits per heavy atom. The fourth-order valence-corrected chi connectivity index (χ4v) is 2.96. The number of carbonyl (C=O) groups is 2. The molecule has 3 N–H and O–H groups in total. The molecule has 2 amide bonds. The molecule has 2 heterocycles. The van der Waals surface area contributed by atoms with Crippen LogP contribution in [0.15, 0.2) is 5.38 Å². The largest absolute Gasteiger partial charge is 0.476 e. The molecule has 1 aromatic heterocycles. The average Bonchev–Trinajstić information content (AvgIpc) is 3.05. The van der Waals surface area contributed by atoms with Gasteiger partial charge >= 0.3 is 12.0 Å². The summed E-state index contributed by atoms with van der Waals surface area (Å²) in [7, 11) is 0. The monoisotopic (exact) mass is 313 g/mol. The third kappa shape index (κ3) is 4.15. The van der Waals surface area contributed by atoms with Crippen molar-refractivity contribution in [3.05, 3.63) is 16.1 Å². The van der Waals surface area contributed by atoms with Gasteiger partial charge in [0.2, 0.25) is 0 Å². The molecule has 2 rings (SSSR count). The first-order valence-corrected chi connectivity index (χ1v) is 7.70. The van der Waals surface area contributed by atoms with Gasteiger partial charge in [0, 0.05) is 24.4 Å². The number of nitrogens with one attached hydrogen (secondary N) is 2. The van der Waals surface area contributed by atoms with Crippen molar-refractivity contribution in [2.24, 2.45) is 5.92 Å². The van der Waals surface area contributed by atoms with Crippen LogP contribution in [0, 0.1) is 5.92 Å². The molecule has 0 bridgehead atoms. The molecular formula is C13H19N3O4S. The van der Waals surface area contributed by atoms with Gasteiger partial charge in [0.15, 0.2) is 5.69 Å². The fourth-order valence-electron chi connectivity index (χ4n) is 2.16. The second-order valence-electron chi connectivity index (χ2n) is 5.08. The van der Waals surface area contributed by atoms with E-state index in [2.05, 4.69) is 15.6 Å². The lowest BCUT2D eigenvalue weighted by molar-refractivity contribution is 0.0691. The van der Waals surface area contributed by atoms with Gasteiger partial charge in [-0.05, 0) is 20.3 Å². The van der Waals surface area contributed by atoms with Crippen molar-refractivity contribution in [1.29, 1.82) is 0 Å². The van der Waals surface area contributed by atoms with Crippen molar-refractivity contribution >= 4 is 23.3 Å². The minimum Gasteiger partial charge on any atom is -0.476 e. The van der Waals surface area contributed by atoms with Gasteiger partial charge in [-0.2, -0.15) is 0 Å². The lowest BCUT2D eigenvalue weighted by Gasteiger charge is -2.16. The number of urea groups is 1. The van der Waals surface area contributed by atoms with Gasteiger partial charge in [0.25, 0.3) is 0 Å². The van der Waals surface area contributed by atoms with E-state index in [1.54, 1.807) is 6.92 Å². The molecule has 7 nitrogen and oxygen atoms in total. The maximum atomic E-state index is 11.8. The zero-order valence-electron chi connectivity index (χ0n) is 12.0. The van der Waals surface area contributed by atoms with Crippen LogP contribution < -0.4 is 10.6 Å². The Labute approximate surface area is 126 Å². The summed E-state index contributed by atoms with van der Waals surface area (Å²) < 4.78 is 5.44. The first kappa shape index (κ1) is 15.7. The summed E-state index contributed by atoms with van der Waals surface area (Å²) in [6, 6.07) is -0.617.